The lowest BCUT2D eigenvalue weighted by molar-refractivity contribution is 0.280. The van der Waals surface area contributed by atoms with E-state index in [4.69, 9.17) is 5.11 Å². The Labute approximate surface area is 101 Å². The third kappa shape index (κ3) is 3.19. The van der Waals surface area contributed by atoms with E-state index in [-0.39, 0.29) is 6.61 Å². The molecular weight excluding hydrogens is 220 g/mol. The molecule has 1 aromatic rings. The second-order valence-corrected chi connectivity index (χ2v) is 5.81. The summed E-state index contributed by atoms with van der Waals surface area (Å²) in [7, 11) is 0. The number of nitrogens with zero attached hydrogens (tertiary/aromatic N) is 2. The normalized spacial score (nSPS) is 25.6. The molecule has 88 valence electrons. The highest BCUT2D eigenvalue weighted by atomic mass is 32.2. The molecule has 1 saturated carbocycles. The predicted molar refractivity (Wildman–Crippen MR) is 65.2 cm³/mol. The van der Waals surface area contributed by atoms with Crippen LogP contribution in [0.4, 0.5) is 0 Å². The van der Waals surface area contributed by atoms with E-state index in [1.54, 1.807) is 24.2 Å². The highest BCUT2D eigenvalue weighted by molar-refractivity contribution is 7.99. The average molecular weight is 238 g/mol. The molecule has 16 heavy (non-hydrogen) atoms. The fourth-order valence-corrected chi connectivity index (χ4v) is 3.35. The molecule has 1 fully saturated rings. The smallest absolute Gasteiger partial charge is 0.187 e. The Morgan fingerprint density at radius 1 is 1.38 bits per heavy atom. The van der Waals surface area contributed by atoms with Crippen LogP contribution in [-0.2, 0) is 6.61 Å². The monoisotopic (exact) mass is 238 g/mol. The van der Waals surface area contributed by atoms with Gasteiger partial charge in [-0.05, 0) is 18.8 Å². The molecule has 3 nitrogen and oxygen atoms in total. The SMILES string of the molecule is CC1CCCC(Sc2ncc(CO)cn2)C1. The molecule has 2 rings (SSSR count). The van der Waals surface area contributed by atoms with E-state index in [1.165, 1.54) is 25.7 Å². The first-order chi connectivity index (χ1) is 7.78. The summed E-state index contributed by atoms with van der Waals surface area (Å²) < 4.78 is 0. The molecule has 2 atom stereocenters. The van der Waals surface area contributed by atoms with Gasteiger partial charge in [-0.15, -0.1) is 0 Å². The Morgan fingerprint density at radius 2 is 2.12 bits per heavy atom. The topological polar surface area (TPSA) is 46.0 Å². The fourth-order valence-electron chi connectivity index (χ4n) is 2.12. The van der Waals surface area contributed by atoms with Crippen LogP contribution in [-0.4, -0.2) is 20.3 Å². The lowest BCUT2D eigenvalue weighted by Gasteiger charge is -2.25. The minimum absolute atomic E-state index is 0.0193. The van der Waals surface area contributed by atoms with Crippen molar-refractivity contribution in [2.45, 2.75) is 49.6 Å². The zero-order valence-electron chi connectivity index (χ0n) is 9.59. The summed E-state index contributed by atoms with van der Waals surface area (Å²) in [6.07, 6.45) is 8.66. The Hall–Kier alpha value is -0.610. The summed E-state index contributed by atoms with van der Waals surface area (Å²) in [5.41, 5.74) is 0.779. The minimum Gasteiger partial charge on any atom is -0.392 e. The van der Waals surface area contributed by atoms with Crippen LogP contribution in [0.15, 0.2) is 17.6 Å². The van der Waals surface area contributed by atoms with E-state index in [1.807, 2.05) is 0 Å². The first-order valence-electron chi connectivity index (χ1n) is 5.86. The second-order valence-electron chi connectivity index (χ2n) is 4.54. The largest absolute Gasteiger partial charge is 0.392 e. The van der Waals surface area contributed by atoms with E-state index >= 15 is 0 Å². The minimum atomic E-state index is 0.0193. The molecule has 2 unspecified atom stereocenters. The lowest BCUT2D eigenvalue weighted by atomic mass is 9.91. The number of aliphatic hydroxyl groups is 1. The highest BCUT2D eigenvalue weighted by Crippen LogP contribution is 2.34. The van der Waals surface area contributed by atoms with Crippen LogP contribution < -0.4 is 0 Å². The summed E-state index contributed by atoms with van der Waals surface area (Å²) in [6.45, 7) is 2.34. The van der Waals surface area contributed by atoms with Crippen LogP contribution in [0, 0.1) is 5.92 Å². The highest BCUT2D eigenvalue weighted by Gasteiger charge is 2.20. The third-order valence-corrected chi connectivity index (χ3v) is 4.21. The van der Waals surface area contributed by atoms with Gasteiger partial charge in [-0.25, -0.2) is 9.97 Å². The van der Waals surface area contributed by atoms with Gasteiger partial charge in [-0.2, -0.15) is 0 Å². The first-order valence-corrected chi connectivity index (χ1v) is 6.74. The summed E-state index contributed by atoms with van der Waals surface area (Å²) >= 11 is 1.78. The first kappa shape index (κ1) is 11.9. The molecule has 1 aliphatic rings. The van der Waals surface area contributed by atoms with Gasteiger partial charge >= 0.3 is 0 Å². The van der Waals surface area contributed by atoms with Crippen molar-refractivity contribution >= 4 is 11.8 Å². The molecule has 4 heteroatoms. The Bertz CT molecular complexity index is 328. The van der Waals surface area contributed by atoms with Crippen molar-refractivity contribution in [1.82, 2.24) is 9.97 Å². The number of rotatable bonds is 3. The molecule has 1 N–H and O–H groups in total. The zero-order valence-corrected chi connectivity index (χ0v) is 10.4. The molecule has 0 aromatic carbocycles. The van der Waals surface area contributed by atoms with Gasteiger partial charge in [0.2, 0.25) is 0 Å². The van der Waals surface area contributed by atoms with Crippen LogP contribution in [0.5, 0.6) is 0 Å². The molecule has 0 bridgehead atoms. The van der Waals surface area contributed by atoms with E-state index in [9.17, 15) is 0 Å². The summed E-state index contributed by atoms with van der Waals surface area (Å²) in [4.78, 5) is 8.52. The van der Waals surface area contributed by atoms with Crippen molar-refractivity contribution in [3.8, 4) is 0 Å². The lowest BCUT2D eigenvalue weighted by Crippen LogP contribution is -2.15. The molecule has 1 aromatic heterocycles. The maximum atomic E-state index is 8.90. The molecule has 0 radical (unpaired) electrons. The maximum Gasteiger partial charge on any atom is 0.187 e. The fraction of sp³-hybridized carbons (Fsp3) is 0.667. The summed E-state index contributed by atoms with van der Waals surface area (Å²) in [5.74, 6) is 0.836. The molecule has 1 heterocycles. The van der Waals surface area contributed by atoms with Crippen LogP contribution in [0.25, 0.3) is 0 Å². The molecule has 1 aliphatic carbocycles. The van der Waals surface area contributed by atoms with Gasteiger partial charge in [0.05, 0.1) is 6.61 Å². The number of hydrogen-bond acceptors (Lipinski definition) is 4. The predicted octanol–water partition coefficient (Wildman–Crippen LogP) is 2.64. The van der Waals surface area contributed by atoms with Gasteiger partial charge in [-0.1, -0.05) is 31.5 Å². The van der Waals surface area contributed by atoms with E-state index in [0.29, 0.717) is 5.25 Å². The van der Waals surface area contributed by atoms with Gasteiger partial charge in [0.1, 0.15) is 0 Å². The van der Waals surface area contributed by atoms with Crippen molar-refractivity contribution < 1.29 is 5.11 Å². The standard InChI is InChI=1S/C12H18N2OS/c1-9-3-2-4-11(5-9)16-12-13-6-10(8-15)7-14-12/h6-7,9,11,15H,2-5,8H2,1H3. The van der Waals surface area contributed by atoms with Gasteiger partial charge in [0, 0.05) is 23.2 Å². The molecule has 0 amide bonds. The maximum absolute atomic E-state index is 8.90. The van der Waals surface area contributed by atoms with Crippen molar-refractivity contribution in [3.05, 3.63) is 18.0 Å². The molecular formula is C12H18N2OS. The Balaban J connectivity index is 1.92. The molecule has 0 spiro atoms. The van der Waals surface area contributed by atoms with Gasteiger partial charge < -0.3 is 5.11 Å². The van der Waals surface area contributed by atoms with Crippen LogP contribution in [0.1, 0.15) is 38.2 Å². The van der Waals surface area contributed by atoms with E-state index in [0.717, 1.165) is 16.6 Å². The molecule has 0 saturated heterocycles. The number of hydrogen-bond donors (Lipinski definition) is 1. The Kier molecular flexibility index (Phi) is 4.18. The van der Waals surface area contributed by atoms with E-state index < -0.39 is 0 Å². The quantitative estimate of drug-likeness (QED) is 0.822. The second kappa shape index (κ2) is 5.64. The van der Waals surface area contributed by atoms with Gasteiger partial charge in [0.15, 0.2) is 5.16 Å². The number of aromatic nitrogens is 2. The number of aliphatic hydroxyl groups excluding tert-OH is 1. The van der Waals surface area contributed by atoms with Crippen LogP contribution in [0.2, 0.25) is 0 Å². The molecule has 0 aliphatic heterocycles. The zero-order chi connectivity index (χ0) is 11.4. The van der Waals surface area contributed by atoms with Crippen molar-refractivity contribution in [3.63, 3.8) is 0 Å². The summed E-state index contributed by atoms with van der Waals surface area (Å²) in [5, 5.41) is 10.4. The van der Waals surface area contributed by atoms with Crippen LogP contribution in [0.3, 0.4) is 0 Å². The van der Waals surface area contributed by atoms with Crippen LogP contribution >= 0.6 is 11.8 Å². The van der Waals surface area contributed by atoms with Gasteiger partial charge in [0.25, 0.3) is 0 Å². The van der Waals surface area contributed by atoms with Crippen molar-refractivity contribution in [2.75, 3.05) is 0 Å². The summed E-state index contributed by atoms with van der Waals surface area (Å²) in [6, 6.07) is 0. The van der Waals surface area contributed by atoms with Gasteiger partial charge in [-0.3, -0.25) is 0 Å². The average Bonchev–Trinajstić information content (AvgIpc) is 2.30. The Morgan fingerprint density at radius 3 is 2.75 bits per heavy atom. The number of thioether (sulfide) groups is 1. The van der Waals surface area contributed by atoms with Crippen molar-refractivity contribution in [2.24, 2.45) is 5.92 Å². The van der Waals surface area contributed by atoms with E-state index in [2.05, 4.69) is 16.9 Å². The third-order valence-electron chi connectivity index (χ3n) is 3.02. The van der Waals surface area contributed by atoms with Crippen molar-refractivity contribution in [1.29, 1.82) is 0 Å².